The summed E-state index contributed by atoms with van der Waals surface area (Å²) in [4.78, 5) is 12.2. The van der Waals surface area contributed by atoms with Gasteiger partial charge in [-0.3, -0.25) is 4.79 Å². The van der Waals surface area contributed by atoms with Gasteiger partial charge < -0.3 is 11.1 Å². The van der Waals surface area contributed by atoms with Crippen molar-refractivity contribution < 1.29 is 4.79 Å². The largest absolute Gasteiger partial charge is 0.327 e. The number of amides is 1. The molecule has 1 fully saturated rings. The number of hydrogen-bond donors (Lipinski definition) is 2. The van der Waals surface area contributed by atoms with Crippen molar-refractivity contribution in [2.75, 3.05) is 5.32 Å². The summed E-state index contributed by atoms with van der Waals surface area (Å²) >= 11 is 0. The fourth-order valence-electron chi connectivity index (χ4n) is 2.27. The number of carbonyl (C=O) groups is 1. The highest BCUT2D eigenvalue weighted by Crippen LogP contribution is 2.37. The van der Waals surface area contributed by atoms with Crippen molar-refractivity contribution in [1.82, 2.24) is 0 Å². The number of nitrogens with one attached hydrogen (secondary N) is 1. The molecule has 16 heavy (non-hydrogen) atoms. The average Bonchev–Trinajstić information content (AvgIpc) is 2.62. The van der Waals surface area contributed by atoms with Crippen molar-refractivity contribution in [2.24, 2.45) is 11.1 Å². The van der Waals surface area contributed by atoms with Gasteiger partial charge >= 0.3 is 0 Å². The minimum Gasteiger partial charge on any atom is -0.327 e. The van der Waals surface area contributed by atoms with Crippen molar-refractivity contribution >= 4 is 11.6 Å². The fraction of sp³-hybridized carbons (Fsp3) is 0.462. The van der Waals surface area contributed by atoms with E-state index < -0.39 is 5.41 Å². The van der Waals surface area contributed by atoms with Gasteiger partial charge in [0, 0.05) is 11.7 Å². The Morgan fingerprint density at radius 1 is 1.44 bits per heavy atom. The van der Waals surface area contributed by atoms with Crippen LogP contribution >= 0.6 is 0 Å². The summed E-state index contributed by atoms with van der Waals surface area (Å²) in [6, 6.07) is 9.51. The van der Waals surface area contributed by atoms with Crippen molar-refractivity contribution in [2.45, 2.75) is 32.2 Å². The van der Waals surface area contributed by atoms with Crippen LogP contribution in [-0.4, -0.2) is 11.9 Å². The van der Waals surface area contributed by atoms with Gasteiger partial charge in [0.2, 0.25) is 5.91 Å². The summed E-state index contributed by atoms with van der Waals surface area (Å²) in [6.07, 6.45) is 2.87. The van der Waals surface area contributed by atoms with Gasteiger partial charge in [0.05, 0.1) is 5.41 Å². The van der Waals surface area contributed by atoms with Gasteiger partial charge in [-0.15, -0.1) is 0 Å². The van der Waals surface area contributed by atoms with Crippen LogP contribution in [0.5, 0.6) is 0 Å². The van der Waals surface area contributed by atoms with Gasteiger partial charge in [-0.25, -0.2) is 0 Å². The fourth-order valence-corrected chi connectivity index (χ4v) is 2.27. The highest BCUT2D eigenvalue weighted by atomic mass is 16.2. The maximum atomic E-state index is 12.2. The predicted octanol–water partition coefficient (Wildman–Crippen LogP) is 2.14. The normalized spacial score (nSPS) is 29.0. The van der Waals surface area contributed by atoms with Gasteiger partial charge in [0.25, 0.3) is 0 Å². The molecule has 0 radical (unpaired) electrons. The van der Waals surface area contributed by atoms with Gasteiger partial charge in [0.1, 0.15) is 0 Å². The molecule has 0 heterocycles. The summed E-state index contributed by atoms with van der Waals surface area (Å²) in [5.74, 6) is 0.0451. The monoisotopic (exact) mass is 218 g/mol. The molecule has 3 heteroatoms. The zero-order valence-corrected chi connectivity index (χ0v) is 9.57. The van der Waals surface area contributed by atoms with Gasteiger partial charge in [0.15, 0.2) is 0 Å². The molecule has 0 aliphatic heterocycles. The molecule has 0 saturated heterocycles. The van der Waals surface area contributed by atoms with E-state index in [1.165, 1.54) is 0 Å². The van der Waals surface area contributed by atoms with Crippen molar-refractivity contribution in [3.63, 3.8) is 0 Å². The van der Waals surface area contributed by atoms with E-state index in [0.717, 1.165) is 24.9 Å². The van der Waals surface area contributed by atoms with E-state index >= 15 is 0 Å². The van der Waals surface area contributed by atoms with Crippen LogP contribution in [0.1, 0.15) is 26.2 Å². The number of hydrogen-bond acceptors (Lipinski definition) is 2. The molecule has 86 valence electrons. The Bertz CT molecular complexity index is 377. The van der Waals surface area contributed by atoms with Crippen LogP contribution < -0.4 is 11.1 Å². The van der Waals surface area contributed by atoms with Crippen LogP contribution in [0.4, 0.5) is 5.69 Å². The zero-order valence-electron chi connectivity index (χ0n) is 9.57. The lowest BCUT2D eigenvalue weighted by Gasteiger charge is -2.27. The van der Waals surface area contributed by atoms with E-state index in [9.17, 15) is 4.79 Å². The summed E-state index contributed by atoms with van der Waals surface area (Å²) < 4.78 is 0. The van der Waals surface area contributed by atoms with E-state index in [1.807, 2.05) is 37.3 Å². The topological polar surface area (TPSA) is 55.1 Å². The minimum absolute atomic E-state index is 0.0174. The first kappa shape index (κ1) is 11.1. The SMILES string of the molecule is CC1(C(=O)Nc2ccccc2)CCCC1N. The smallest absolute Gasteiger partial charge is 0.231 e. The second kappa shape index (κ2) is 4.26. The summed E-state index contributed by atoms with van der Waals surface area (Å²) in [5, 5.41) is 2.94. The Morgan fingerprint density at radius 2 is 2.12 bits per heavy atom. The van der Waals surface area contributed by atoms with Crippen LogP contribution in [0.15, 0.2) is 30.3 Å². The number of benzene rings is 1. The molecule has 1 amide bonds. The van der Waals surface area contributed by atoms with Crippen molar-refractivity contribution in [3.05, 3.63) is 30.3 Å². The number of anilines is 1. The third-order valence-electron chi connectivity index (χ3n) is 3.58. The first-order chi connectivity index (χ1) is 7.63. The maximum Gasteiger partial charge on any atom is 0.231 e. The number of nitrogens with two attached hydrogens (primary N) is 1. The second-order valence-electron chi connectivity index (χ2n) is 4.74. The van der Waals surface area contributed by atoms with Crippen LogP contribution in [-0.2, 0) is 4.79 Å². The summed E-state index contributed by atoms with van der Waals surface area (Å²) in [5.41, 5.74) is 6.44. The first-order valence-electron chi connectivity index (χ1n) is 5.75. The molecule has 1 aromatic rings. The molecular weight excluding hydrogens is 200 g/mol. The third kappa shape index (κ3) is 1.95. The molecule has 3 N–H and O–H groups in total. The van der Waals surface area contributed by atoms with Gasteiger partial charge in [-0.1, -0.05) is 24.6 Å². The molecule has 2 unspecified atom stereocenters. The number of carbonyl (C=O) groups excluding carboxylic acids is 1. The van der Waals surface area contributed by atoms with Crippen LogP contribution in [0, 0.1) is 5.41 Å². The standard InChI is InChI=1S/C13H18N2O/c1-13(9-5-8-11(13)14)12(16)15-10-6-3-2-4-7-10/h2-4,6-7,11H,5,8-9,14H2,1H3,(H,15,16). The lowest BCUT2D eigenvalue weighted by molar-refractivity contribution is -0.125. The third-order valence-corrected chi connectivity index (χ3v) is 3.58. The van der Waals surface area contributed by atoms with E-state index in [0.29, 0.717) is 0 Å². The molecule has 1 aliphatic carbocycles. The molecule has 1 aromatic carbocycles. The van der Waals surface area contributed by atoms with Gasteiger partial charge in [-0.05, 0) is 31.9 Å². The molecule has 0 spiro atoms. The first-order valence-corrected chi connectivity index (χ1v) is 5.75. The summed E-state index contributed by atoms with van der Waals surface area (Å²) in [7, 11) is 0. The molecule has 3 nitrogen and oxygen atoms in total. The molecule has 2 atom stereocenters. The Balaban J connectivity index is 2.09. The van der Waals surface area contributed by atoms with Crippen LogP contribution in [0.3, 0.4) is 0 Å². The Kier molecular flexibility index (Phi) is 2.97. The molecule has 1 aliphatic rings. The average molecular weight is 218 g/mol. The highest BCUT2D eigenvalue weighted by molar-refractivity contribution is 5.95. The quantitative estimate of drug-likeness (QED) is 0.799. The Hall–Kier alpha value is -1.35. The maximum absolute atomic E-state index is 12.2. The molecule has 1 saturated carbocycles. The van der Waals surface area contributed by atoms with Gasteiger partial charge in [-0.2, -0.15) is 0 Å². The van der Waals surface area contributed by atoms with Crippen molar-refractivity contribution in [1.29, 1.82) is 0 Å². The van der Waals surface area contributed by atoms with Crippen LogP contribution in [0.25, 0.3) is 0 Å². The summed E-state index contributed by atoms with van der Waals surface area (Å²) in [6.45, 7) is 1.96. The lowest BCUT2D eigenvalue weighted by atomic mass is 9.84. The molecule has 2 rings (SSSR count). The molecular formula is C13H18N2O. The minimum atomic E-state index is -0.407. The Morgan fingerprint density at radius 3 is 2.69 bits per heavy atom. The zero-order chi connectivity index (χ0) is 11.6. The van der Waals surface area contributed by atoms with E-state index in [4.69, 9.17) is 5.73 Å². The van der Waals surface area contributed by atoms with E-state index in [-0.39, 0.29) is 11.9 Å². The second-order valence-corrected chi connectivity index (χ2v) is 4.74. The highest BCUT2D eigenvalue weighted by Gasteiger charge is 2.42. The predicted molar refractivity (Wildman–Crippen MR) is 65.0 cm³/mol. The van der Waals surface area contributed by atoms with Crippen molar-refractivity contribution in [3.8, 4) is 0 Å². The number of para-hydroxylation sites is 1. The van der Waals surface area contributed by atoms with E-state index in [1.54, 1.807) is 0 Å². The van der Waals surface area contributed by atoms with E-state index in [2.05, 4.69) is 5.32 Å². The number of rotatable bonds is 2. The molecule has 0 aromatic heterocycles. The lowest BCUT2D eigenvalue weighted by Crippen LogP contribution is -2.44. The van der Waals surface area contributed by atoms with Crippen LogP contribution in [0.2, 0.25) is 0 Å². The Labute approximate surface area is 96.0 Å². The molecule has 0 bridgehead atoms.